The summed E-state index contributed by atoms with van der Waals surface area (Å²) >= 11 is 0. The van der Waals surface area contributed by atoms with Crippen LogP contribution in [0.4, 0.5) is 0 Å². The fourth-order valence-electron chi connectivity index (χ4n) is 2.93. The third kappa shape index (κ3) is 3.35. The summed E-state index contributed by atoms with van der Waals surface area (Å²) in [5, 5.41) is 3.69. The third-order valence-electron chi connectivity index (χ3n) is 4.25. The first-order chi connectivity index (χ1) is 8.56. The number of hydrogen-bond acceptors (Lipinski definition) is 1. The molecule has 1 N–H and O–H groups in total. The molecule has 0 amide bonds. The molecule has 1 fully saturated rings. The second-order valence-electron chi connectivity index (χ2n) is 6.22. The summed E-state index contributed by atoms with van der Waals surface area (Å²) < 4.78 is 0. The summed E-state index contributed by atoms with van der Waals surface area (Å²) in [5.74, 6) is 0.728. The van der Waals surface area contributed by atoms with E-state index in [2.05, 4.69) is 45.1 Å². The van der Waals surface area contributed by atoms with Gasteiger partial charge in [0.25, 0.3) is 0 Å². The number of nitrogens with one attached hydrogen (secondary N) is 1. The molecule has 1 nitrogen and oxygen atoms in total. The predicted molar refractivity (Wildman–Crippen MR) is 79.2 cm³/mol. The molecule has 1 aliphatic rings. The summed E-state index contributed by atoms with van der Waals surface area (Å²) in [6, 6.07) is 5.44. The van der Waals surface area contributed by atoms with E-state index >= 15 is 0 Å². The maximum atomic E-state index is 3.69. The average Bonchev–Trinajstić information content (AvgIpc) is 2.21. The molecule has 2 rings (SSSR count). The van der Waals surface area contributed by atoms with Crippen LogP contribution in [0.15, 0.2) is 12.1 Å². The maximum Gasteiger partial charge on any atom is 0.00671 e. The van der Waals surface area contributed by atoms with Crippen LogP contribution in [0.2, 0.25) is 0 Å². The number of benzene rings is 1. The van der Waals surface area contributed by atoms with Crippen LogP contribution in [0.1, 0.15) is 48.4 Å². The van der Waals surface area contributed by atoms with E-state index in [0.29, 0.717) is 0 Å². The van der Waals surface area contributed by atoms with Crippen molar-refractivity contribution in [1.82, 2.24) is 5.32 Å². The molecular weight excluding hydrogens is 218 g/mol. The minimum atomic E-state index is 0.728. The van der Waals surface area contributed by atoms with E-state index < -0.39 is 0 Å². The zero-order valence-electron chi connectivity index (χ0n) is 12.3. The van der Waals surface area contributed by atoms with Crippen LogP contribution < -0.4 is 5.32 Å². The van der Waals surface area contributed by atoms with E-state index in [1.165, 1.54) is 42.4 Å². The lowest BCUT2D eigenvalue weighted by Crippen LogP contribution is -2.38. The molecule has 1 heteroatoms. The maximum absolute atomic E-state index is 3.69. The molecule has 0 heterocycles. The van der Waals surface area contributed by atoms with Gasteiger partial charge in [-0.25, -0.2) is 0 Å². The molecule has 1 unspecified atom stereocenters. The first kappa shape index (κ1) is 13.6. The molecule has 100 valence electrons. The zero-order chi connectivity index (χ0) is 13.1. The Morgan fingerprint density at radius 2 is 1.78 bits per heavy atom. The highest BCUT2D eigenvalue weighted by Gasteiger charge is 2.17. The van der Waals surface area contributed by atoms with Crippen molar-refractivity contribution in [3.8, 4) is 0 Å². The Labute approximate surface area is 112 Å². The molecule has 0 aromatic heterocycles. The first-order valence-corrected chi connectivity index (χ1v) is 7.36. The van der Waals surface area contributed by atoms with Gasteiger partial charge in [-0.05, 0) is 69.2 Å². The molecule has 18 heavy (non-hydrogen) atoms. The fourth-order valence-corrected chi connectivity index (χ4v) is 2.93. The number of rotatable bonds is 5. The standard InChI is InChI=1S/C17H27N/c1-12-8-14(3)17(15(4)9-12)10-13(2)11-18-16-6-5-7-16/h8-9,13,16,18H,5-7,10-11H2,1-4H3. The fraction of sp³-hybridized carbons (Fsp3) is 0.647. The van der Waals surface area contributed by atoms with Gasteiger partial charge in [-0.2, -0.15) is 0 Å². The van der Waals surface area contributed by atoms with Gasteiger partial charge >= 0.3 is 0 Å². The summed E-state index contributed by atoms with van der Waals surface area (Å²) in [5.41, 5.74) is 5.86. The average molecular weight is 245 g/mol. The van der Waals surface area contributed by atoms with Crippen LogP contribution in [-0.2, 0) is 6.42 Å². The molecule has 1 aromatic rings. The Kier molecular flexibility index (Phi) is 4.45. The van der Waals surface area contributed by atoms with Gasteiger partial charge in [-0.15, -0.1) is 0 Å². The monoisotopic (exact) mass is 245 g/mol. The van der Waals surface area contributed by atoms with Gasteiger partial charge in [0.2, 0.25) is 0 Å². The van der Waals surface area contributed by atoms with Crippen LogP contribution in [0.25, 0.3) is 0 Å². The molecule has 1 atom stereocenters. The Balaban J connectivity index is 1.91. The van der Waals surface area contributed by atoms with Crippen LogP contribution in [-0.4, -0.2) is 12.6 Å². The van der Waals surface area contributed by atoms with Crippen molar-refractivity contribution in [2.45, 2.75) is 59.4 Å². The molecule has 1 aromatic carbocycles. The first-order valence-electron chi connectivity index (χ1n) is 7.36. The normalized spacial score (nSPS) is 17.6. The number of hydrogen-bond donors (Lipinski definition) is 1. The van der Waals surface area contributed by atoms with Crippen LogP contribution in [0.5, 0.6) is 0 Å². The summed E-state index contributed by atoms with van der Waals surface area (Å²) in [6.45, 7) is 10.2. The molecule has 1 aliphatic carbocycles. The Morgan fingerprint density at radius 1 is 1.17 bits per heavy atom. The Hall–Kier alpha value is -0.820. The zero-order valence-corrected chi connectivity index (χ0v) is 12.3. The van der Waals surface area contributed by atoms with E-state index in [1.54, 1.807) is 5.56 Å². The Morgan fingerprint density at radius 3 is 2.28 bits per heavy atom. The van der Waals surface area contributed by atoms with Crippen LogP contribution in [0.3, 0.4) is 0 Å². The topological polar surface area (TPSA) is 12.0 Å². The van der Waals surface area contributed by atoms with Gasteiger partial charge in [0.15, 0.2) is 0 Å². The second kappa shape index (κ2) is 5.88. The smallest absolute Gasteiger partial charge is 0.00671 e. The van der Waals surface area contributed by atoms with Gasteiger partial charge in [0, 0.05) is 6.04 Å². The lowest BCUT2D eigenvalue weighted by atomic mass is 9.90. The van der Waals surface area contributed by atoms with E-state index in [4.69, 9.17) is 0 Å². The van der Waals surface area contributed by atoms with Crippen molar-refractivity contribution in [2.24, 2.45) is 5.92 Å². The van der Waals surface area contributed by atoms with Gasteiger partial charge in [0.05, 0.1) is 0 Å². The molecule has 1 saturated carbocycles. The van der Waals surface area contributed by atoms with Crippen LogP contribution in [0, 0.1) is 26.7 Å². The molecule has 0 bridgehead atoms. The van der Waals surface area contributed by atoms with Crippen molar-refractivity contribution >= 4 is 0 Å². The Bertz CT molecular complexity index is 381. The van der Waals surface area contributed by atoms with Gasteiger partial charge in [-0.1, -0.05) is 31.0 Å². The highest BCUT2D eigenvalue weighted by molar-refractivity contribution is 5.37. The van der Waals surface area contributed by atoms with Crippen molar-refractivity contribution in [3.05, 3.63) is 34.4 Å². The third-order valence-corrected chi connectivity index (χ3v) is 4.25. The van der Waals surface area contributed by atoms with Crippen LogP contribution >= 0.6 is 0 Å². The summed E-state index contributed by atoms with van der Waals surface area (Å²) in [6.07, 6.45) is 5.39. The second-order valence-corrected chi connectivity index (χ2v) is 6.22. The summed E-state index contributed by atoms with van der Waals surface area (Å²) in [4.78, 5) is 0. The molecule has 0 aliphatic heterocycles. The van der Waals surface area contributed by atoms with Crippen molar-refractivity contribution in [3.63, 3.8) is 0 Å². The highest BCUT2D eigenvalue weighted by atomic mass is 14.9. The highest BCUT2D eigenvalue weighted by Crippen LogP contribution is 2.21. The van der Waals surface area contributed by atoms with Gasteiger partial charge < -0.3 is 5.32 Å². The molecule has 0 saturated heterocycles. The van der Waals surface area contributed by atoms with Gasteiger partial charge in [0.1, 0.15) is 0 Å². The van der Waals surface area contributed by atoms with Crippen molar-refractivity contribution < 1.29 is 0 Å². The van der Waals surface area contributed by atoms with E-state index in [-0.39, 0.29) is 0 Å². The van der Waals surface area contributed by atoms with E-state index in [1.807, 2.05) is 0 Å². The SMILES string of the molecule is Cc1cc(C)c(CC(C)CNC2CCC2)c(C)c1. The largest absolute Gasteiger partial charge is 0.314 e. The lowest BCUT2D eigenvalue weighted by molar-refractivity contribution is 0.320. The minimum absolute atomic E-state index is 0.728. The molecular formula is C17H27N. The van der Waals surface area contributed by atoms with Crippen molar-refractivity contribution in [1.29, 1.82) is 0 Å². The quantitative estimate of drug-likeness (QED) is 0.828. The lowest BCUT2D eigenvalue weighted by Gasteiger charge is -2.28. The predicted octanol–water partition coefficient (Wildman–Crippen LogP) is 3.93. The van der Waals surface area contributed by atoms with E-state index in [0.717, 1.165) is 18.5 Å². The summed E-state index contributed by atoms with van der Waals surface area (Å²) in [7, 11) is 0. The number of aryl methyl sites for hydroxylation is 3. The van der Waals surface area contributed by atoms with Gasteiger partial charge in [-0.3, -0.25) is 0 Å². The molecule has 0 radical (unpaired) electrons. The minimum Gasteiger partial charge on any atom is -0.314 e. The van der Waals surface area contributed by atoms with E-state index in [9.17, 15) is 0 Å². The van der Waals surface area contributed by atoms with Crippen molar-refractivity contribution in [2.75, 3.05) is 6.54 Å². The molecule has 0 spiro atoms.